The highest BCUT2D eigenvalue weighted by Crippen LogP contribution is 2.15. The molecule has 0 bridgehead atoms. The Morgan fingerprint density at radius 1 is 1.00 bits per heavy atom. The fourth-order valence-electron chi connectivity index (χ4n) is 1.68. The summed E-state index contributed by atoms with van der Waals surface area (Å²) >= 11 is 3.40. The molecule has 0 unspecified atom stereocenters. The predicted octanol–water partition coefficient (Wildman–Crippen LogP) is 2.92. The van der Waals surface area contributed by atoms with Gasteiger partial charge in [-0.2, -0.15) is 0 Å². The molecule has 4 nitrogen and oxygen atoms in total. The third-order valence-corrected chi connectivity index (χ3v) is 3.55. The van der Waals surface area contributed by atoms with Crippen molar-refractivity contribution in [3.63, 3.8) is 0 Å². The number of carbonyl (C=O) groups excluding carboxylic acids is 2. The van der Waals surface area contributed by atoms with Gasteiger partial charge in [0.2, 0.25) is 0 Å². The van der Waals surface area contributed by atoms with Crippen LogP contribution >= 0.6 is 15.9 Å². The third-order valence-electron chi connectivity index (χ3n) is 2.78. The van der Waals surface area contributed by atoms with E-state index < -0.39 is 5.97 Å². The molecule has 0 radical (unpaired) electrons. The molecular formula is C16H14BrNO3. The molecule has 0 saturated carbocycles. The van der Waals surface area contributed by atoms with Crippen LogP contribution in [0.15, 0.2) is 59.1 Å². The van der Waals surface area contributed by atoms with Crippen LogP contribution in [0.25, 0.3) is 0 Å². The van der Waals surface area contributed by atoms with Gasteiger partial charge in [0.15, 0.2) is 6.61 Å². The molecule has 0 fully saturated rings. The summed E-state index contributed by atoms with van der Waals surface area (Å²) in [5.74, 6) is -0.846. The van der Waals surface area contributed by atoms with Crippen molar-refractivity contribution in [2.75, 3.05) is 6.61 Å². The number of esters is 1. The van der Waals surface area contributed by atoms with E-state index in [0.717, 1.165) is 10.0 Å². The average molecular weight is 348 g/mol. The van der Waals surface area contributed by atoms with Crippen LogP contribution in [0.3, 0.4) is 0 Å². The summed E-state index contributed by atoms with van der Waals surface area (Å²) in [5, 5.41) is 2.70. The molecule has 0 aliphatic rings. The lowest BCUT2D eigenvalue weighted by Crippen LogP contribution is -2.28. The summed E-state index contributed by atoms with van der Waals surface area (Å²) in [5.41, 5.74) is 1.39. The summed E-state index contributed by atoms with van der Waals surface area (Å²) in [6, 6.07) is 16.2. The summed E-state index contributed by atoms with van der Waals surface area (Å²) in [7, 11) is 0. The second-order valence-corrected chi connectivity index (χ2v) is 5.16. The largest absolute Gasteiger partial charge is 0.452 e. The van der Waals surface area contributed by atoms with E-state index in [4.69, 9.17) is 4.74 Å². The van der Waals surface area contributed by atoms with Crippen molar-refractivity contribution in [2.24, 2.45) is 0 Å². The van der Waals surface area contributed by atoms with Gasteiger partial charge in [0.25, 0.3) is 5.91 Å². The molecule has 1 amide bonds. The number of ether oxygens (including phenoxy) is 1. The lowest BCUT2D eigenvalue weighted by molar-refractivity contribution is -0.124. The molecule has 1 N–H and O–H groups in total. The van der Waals surface area contributed by atoms with E-state index in [2.05, 4.69) is 21.2 Å². The lowest BCUT2D eigenvalue weighted by atomic mass is 10.2. The smallest absolute Gasteiger partial charge is 0.338 e. The standard InChI is InChI=1S/C16H14BrNO3/c17-14-9-5-4-8-13(14)10-18-15(19)11-21-16(20)12-6-2-1-3-7-12/h1-9H,10-11H2,(H,18,19). The van der Waals surface area contributed by atoms with Crippen molar-refractivity contribution in [3.8, 4) is 0 Å². The van der Waals surface area contributed by atoms with E-state index in [1.54, 1.807) is 30.3 Å². The molecule has 21 heavy (non-hydrogen) atoms. The predicted molar refractivity (Wildman–Crippen MR) is 82.7 cm³/mol. The van der Waals surface area contributed by atoms with E-state index in [9.17, 15) is 9.59 Å². The first-order chi connectivity index (χ1) is 10.2. The summed E-state index contributed by atoms with van der Waals surface area (Å²) in [6.07, 6.45) is 0. The molecule has 0 aliphatic carbocycles. The number of amides is 1. The summed E-state index contributed by atoms with van der Waals surface area (Å²) < 4.78 is 5.87. The normalized spacial score (nSPS) is 9.95. The number of nitrogens with one attached hydrogen (secondary N) is 1. The SMILES string of the molecule is O=C(COC(=O)c1ccccc1)NCc1ccccc1Br. The molecular weight excluding hydrogens is 334 g/mol. The van der Waals surface area contributed by atoms with Gasteiger partial charge in [0.05, 0.1) is 5.56 Å². The van der Waals surface area contributed by atoms with E-state index in [1.165, 1.54) is 0 Å². The van der Waals surface area contributed by atoms with Gasteiger partial charge in [-0.1, -0.05) is 52.3 Å². The highest BCUT2D eigenvalue weighted by Gasteiger charge is 2.09. The van der Waals surface area contributed by atoms with Crippen LogP contribution in [-0.2, 0) is 16.1 Å². The minimum atomic E-state index is -0.508. The Hall–Kier alpha value is -2.14. The molecule has 108 valence electrons. The number of hydrogen-bond donors (Lipinski definition) is 1. The maximum absolute atomic E-state index is 11.7. The van der Waals surface area contributed by atoms with Crippen molar-refractivity contribution in [2.45, 2.75) is 6.54 Å². The van der Waals surface area contributed by atoms with Crippen molar-refractivity contribution < 1.29 is 14.3 Å². The monoisotopic (exact) mass is 347 g/mol. The van der Waals surface area contributed by atoms with Gasteiger partial charge in [0.1, 0.15) is 0 Å². The number of carbonyl (C=O) groups is 2. The Bertz CT molecular complexity index is 628. The molecule has 5 heteroatoms. The van der Waals surface area contributed by atoms with E-state index in [0.29, 0.717) is 12.1 Å². The average Bonchev–Trinajstić information content (AvgIpc) is 2.52. The lowest BCUT2D eigenvalue weighted by Gasteiger charge is -2.08. The molecule has 0 atom stereocenters. The van der Waals surface area contributed by atoms with Crippen LogP contribution in [0, 0.1) is 0 Å². The molecule has 0 saturated heterocycles. The molecule has 0 aliphatic heterocycles. The van der Waals surface area contributed by atoms with Crippen LogP contribution in [-0.4, -0.2) is 18.5 Å². The Morgan fingerprint density at radius 2 is 1.67 bits per heavy atom. The first kappa shape index (κ1) is 15.3. The Balaban J connectivity index is 1.78. The van der Waals surface area contributed by atoms with Crippen LogP contribution in [0.5, 0.6) is 0 Å². The van der Waals surface area contributed by atoms with Crippen molar-refractivity contribution in [1.29, 1.82) is 0 Å². The zero-order valence-corrected chi connectivity index (χ0v) is 12.8. The summed E-state index contributed by atoms with van der Waals surface area (Å²) in [6.45, 7) is 0.0846. The maximum atomic E-state index is 11.7. The Kier molecular flexibility index (Phi) is 5.51. The molecule has 0 heterocycles. The molecule has 0 aromatic heterocycles. The highest BCUT2D eigenvalue weighted by atomic mass is 79.9. The van der Waals surface area contributed by atoms with Crippen LogP contribution in [0.2, 0.25) is 0 Å². The van der Waals surface area contributed by atoms with E-state index in [-0.39, 0.29) is 12.5 Å². The van der Waals surface area contributed by atoms with E-state index in [1.807, 2.05) is 24.3 Å². The van der Waals surface area contributed by atoms with Gasteiger partial charge in [0, 0.05) is 11.0 Å². The van der Waals surface area contributed by atoms with Gasteiger partial charge in [-0.3, -0.25) is 4.79 Å². The number of halogens is 1. The van der Waals surface area contributed by atoms with Gasteiger partial charge >= 0.3 is 5.97 Å². The zero-order valence-electron chi connectivity index (χ0n) is 11.2. The van der Waals surface area contributed by atoms with Gasteiger partial charge in [-0.15, -0.1) is 0 Å². The Labute approximate surface area is 131 Å². The van der Waals surface area contributed by atoms with Crippen molar-refractivity contribution in [1.82, 2.24) is 5.32 Å². The Morgan fingerprint density at radius 3 is 2.38 bits per heavy atom. The first-order valence-electron chi connectivity index (χ1n) is 6.39. The van der Waals surface area contributed by atoms with Gasteiger partial charge in [-0.25, -0.2) is 4.79 Å². The number of hydrogen-bond acceptors (Lipinski definition) is 3. The molecule has 2 aromatic rings. The maximum Gasteiger partial charge on any atom is 0.338 e. The van der Waals surface area contributed by atoms with Gasteiger partial charge < -0.3 is 10.1 Å². The summed E-state index contributed by atoms with van der Waals surface area (Å²) in [4.78, 5) is 23.3. The third kappa shape index (κ3) is 4.72. The topological polar surface area (TPSA) is 55.4 Å². The fourth-order valence-corrected chi connectivity index (χ4v) is 2.10. The second-order valence-electron chi connectivity index (χ2n) is 4.31. The minimum absolute atomic E-state index is 0.293. The van der Waals surface area contributed by atoms with Crippen LogP contribution in [0.1, 0.15) is 15.9 Å². The first-order valence-corrected chi connectivity index (χ1v) is 7.18. The number of rotatable bonds is 5. The molecule has 2 rings (SSSR count). The fraction of sp³-hybridized carbons (Fsp3) is 0.125. The van der Waals surface area contributed by atoms with Crippen LogP contribution in [0.4, 0.5) is 0 Å². The zero-order chi connectivity index (χ0) is 15.1. The van der Waals surface area contributed by atoms with Gasteiger partial charge in [-0.05, 0) is 23.8 Å². The van der Waals surface area contributed by atoms with E-state index >= 15 is 0 Å². The van der Waals surface area contributed by atoms with Crippen LogP contribution < -0.4 is 5.32 Å². The van der Waals surface area contributed by atoms with Crippen molar-refractivity contribution in [3.05, 3.63) is 70.2 Å². The highest BCUT2D eigenvalue weighted by molar-refractivity contribution is 9.10. The molecule has 0 spiro atoms. The van der Waals surface area contributed by atoms with Crippen molar-refractivity contribution >= 4 is 27.8 Å². The number of benzene rings is 2. The quantitative estimate of drug-likeness (QED) is 0.846. The molecule has 2 aromatic carbocycles. The second kappa shape index (κ2) is 7.59. The minimum Gasteiger partial charge on any atom is -0.452 e.